The van der Waals surface area contributed by atoms with Crippen LogP contribution in [-0.2, 0) is 6.54 Å². The van der Waals surface area contributed by atoms with Crippen molar-refractivity contribution < 1.29 is 4.42 Å². The molecular weight excluding hydrogens is 392 g/mol. The quantitative estimate of drug-likeness (QED) is 0.651. The maximum Gasteiger partial charge on any atom is 0.229 e. The smallest absolute Gasteiger partial charge is 0.229 e. The zero-order valence-corrected chi connectivity index (χ0v) is 16.8. The number of halogens is 1. The first-order valence-corrected chi connectivity index (χ1v) is 10.4. The summed E-state index contributed by atoms with van der Waals surface area (Å²) in [5.74, 6) is 2.82. The molecule has 0 aromatic carbocycles. The normalized spacial score (nSPS) is 17.3. The molecule has 2 saturated heterocycles. The Morgan fingerprint density at radius 2 is 1.86 bits per heavy atom. The first-order chi connectivity index (χ1) is 14.3. The van der Waals surface area contributed by atoms with Crippen molar-refractivity contribution in [2.24, 2.45) is 0 Å². The zero-order chi connectivity index (χ0) is 19.6. The Kier molecular flexibility index (Phi) is 5.07. The van der Waals surface area contributed by atoms with E-state index in [1.54, 1.807) is 6.26 Å². The molecule has 0 spiro atoms. The molecule has 3 aromatic rings. The van der Waals surface area contributed by atoms with E-state index in [0.29, 0.717) is 34.6 Å². The molecule has 9 nitrogen and oxygen atoms in total. The molecule has 0 aliphatic carbocycles. The Morgan fingerprint density at radius 3 is 2.62 bits per heavy atom. The van der Waals surface area contributed by atoms with Gasteiger partial charge in [-0.2, -0.15) is 9.97 Å². The van der Waals surface area contributed by atoms with E-state index in [9.17, 15) is 0 Å². The second-order valence-corrected chi connectivity index (χ2v) is 7.60. The van der Waals surface area contributed by atoms with Gasteiger partial charge in [-0.05, 0) is 25.0 Å². The number of hydrogen-bond acceptors (Lipinski definition) is 9. The van der Waals surface area contributed by atoms with Crippen molar-refractivity contribution in [1.82, 2.24) is 25.3 Å². The van der Waals surface area contributed by atoms with Crippen LogP contribution >= 0.6 is 11.6 Å². The number of rotatable bonds is 5. The van der Waals surface area contributed by atoms with Crippen LogP contribution in [-0.4, -0.2) is 59.2 Å². The number of hydrogen-bond donors (Lipinski definition) is 2. The Hall–Kier alpha value is -2.65. The summed E-state index contributed by atoms with van der Waals surface area (Å²) in [5, 5.41) is 6.87. The van der Waals surface area contributed by atoms with Gasteiger partial charge in [-0.1, -0.05) is 11.6 Å². The molecular formula is C19H23ClN8O. The molecule has 2 aliphatic heterocycles. The molecule has 0 radical (unpaired) electrons. The maximum absolute atomic E-state index is 6.45. The van der Waals surface area contributed by atoms with Gasteiger partial charge in [0.05, 0.1) is 12.8 Å². The first kappa shape index (κ1) is 18.4. The summed E-state index contributed by atoms with van der Waals surface area (Å²) in [7, 11) is 0. The van der Waals surface area contributed by atoms with E-state index in [2.05, 4.69) is 25.4 Å². The molecule has 0 unspecified atom stereocenters. The fourth-order valence-corrected chi connectivity index (χ4v) is 3.95. The highest BCUT2D eigenvalue weighted by molar-refractivity contribution is 6.32. The third-order valence-corrected chi connectivity index (χ3v) is 5.54. The minimum atomic E-state index is 0.308. The van der Waals surface area contributed by atoms with Gasteiger partial charge in [-0.15, -0.1) is 0 Å². The number of piperazine rings is 1. The van der Waals surface area contributed by atoms with Gasteiger partial charge in [-0.25, -0.2) is 9.97 Å². The van der Waals surface area contributed by atoms with E-state index in [0.717, 1.165) is 63.7 Å². The van der Waals surface area contributed by atoms with Gasteiger partial charge in [0.25, 0.3) is 0 Å². The second-order valence-electron chi connectivity index (χ2n) is 7.25. The molecule has 5 heterocycles. The molecule has 2 aliphatic rings. The third kappa shape index (κ3) is 3.79. The predicted molar refractivity (Wildman–Crippen MR) is 113 cm³/mol. The predicted octanol–water partition coefficient (Wildman–Crippen LogP) is 2.29. The zero-order valence-electron chi connectivity index (χ0n) is 16.1. The number of furan rings is 1. The van der Waals surface area contributed by atoms with Gasteiger partial charge < -0.3 is 24.9 Å². The summed E-state index contributed by atoms with van der Waals surface area (Å²) >= 11 is 6.45. The van der Waals surface area contributed by atoms with Crippen molar-refractivity contribution in [2.45, 2.75) is 19.4 Å². The van der Waals surface area contributed by atoms with Crippen molar-refractivity contribution >= 4 is 40.3 Å². The summed E-state index contributed by atoms with van der Waals surface area (Å²) < 4.78 is 5.37. The number of fused-ring (bicyclic) bond motifs is 1. The Balaban J connectivity index is 1.54. The maximum atomic E-state index is 6.45. The van der Waals surface area contributed by atoms with E-state index < -0.39 is 0 Å². The number of nitrogens with one attached hydrogen (secondary N) is 2. The van der Waals surface area contributed by atoms with Crippen LogP contribution in [0.2, 0.25) is 5.15 Å². The van der Waals surface area contributed by atoms with Crippen LogP contribution in [0.5, 0.6) is 0 Å². The lowest BCUT2D eigenvalue weighted by Gasteiger charge is -2.28. The lowest BCUT2D eigenvalue weighted by molar-refractivity contribution is 0.518. The molecule has 3 aromatic heterocycles. The van der Waals surface area contributed by atoms with Crippen LogP contribution in [0.3, 0.4) is 0 Å². The third-order valence-electron chi connectivity index (χ3n) is 5.27. The molecule has 0 bridgehead atoms. The van der Waals surface area contributed by atoms with E-state index >= 15 is 0 Å². The van der Waals surface area contributed by atoms with Crippen LogP contribution in [0.15, 0.2) is 22.8 Å². The minimum Gasteiger partial charge on any atom is -0.467 e. The van der Waals surface area contributed by atoms with Crippen LogP contribution in [0.4, 0.5) is 17.6 Å². The topological polar surface area (TPSA) is 95.2 Å². The van der Waals surface area contributed by atoms with Gasteiger partial charge >= 0.3 is 0 Å². The Labute approximate surface area is 173 Å². The molecule has 0 saturated carbocycles. The standard InChI is InChI=1S/C19H23ClN8O/c20-15-17(22-12-13-4-3-11-29-13)24-16-14(23-15)18(27-7-1-2-8-27)26-19(25-16)28-9-5-21-6-10-28/h3-4,11,21H,1-2,5-10,12H2,(H,22,24,25,26). The minimum absolute atomic E-state index is 0.308. The van der Waals surface area contributed by atoms with Crippen molar-refractivity contribution in [3.63, 3.8) is 0 Å². The highest BCUT2D eigenvalue weighted by Crippen LogP contribution is 2.30. The van der Waals surface area contributed by atoms with Crippen molar-refractivity contribution in [3.05, 3.63) is 29.3 Å². The lowest BCUT2D eigenvalue weighted by Crippen LogP contribution is -2.44. The molecule has 2 fully saturated rings. The highest BCUT2D eigenvalue weighted by atomic mass is 35.5. The van der Waals surface area contributed by atoms with E-state index in [1.807, 2.05) is 12.1 Å². The number of aromatic nitrogens is 4. The summed E-state index contributed by atoms with van der Waals surface area (Å²) in [6.07, 6.45) is 3.94. The first-order valence-electron chi connectivity index (χ1n) is 10.00. The number of anilines is 3. The number of nitrogens with zero attached hydrogens (tertiary/aromatic N) is 6. The molecule has 29 heavy (non-hydrogen) atoms. The van der Waals surface area contributed by atoms with Gasteiger partial charge in [0, 0.05) is 39.3 Å². The van der Waals surface area contributed by atoms with E-state index in [4.69, 9.17) is 31.0 Å². The Bertz CT molecular complexity index is 984. The summed E-state index contributed by atoms with van der Waals surface area (Å²) in [6, 6.07) is 3.74. The molecule has 0 atom stereocenters. The van der Waals surface area contributed by atoms with Crippen molar-refractivity contribution in [2.75, 3.05) is 54.4 Å². The van der Waals surface area contributed by atoms with Gasteiger partial charge in [-0.3, -0.25) is 0 Å². The summed E-state index contributed by atoms with van der Waals surface area (Å²) in [4.78, 5) is 23.4. The molecule has 152 valence electrons. The van der Waals surface area contributed by atoms with Gasteiger partial charge in [0.15, 0.2) is 28.0 Å². The Morgan fingerprint density at radius 1 is 1.03 bits per heavy atom. The van der Waals surface area contributed by atoms with Crippen molar-refractivity contribution in [3.8, 4) is 0 Å². The van der Waals surface area contributed by atoms with Gasteiger partial charge in [0.2, 0.25) is 5.95 Å². The molecule has 5 rings (SSSR count). The SMILES string of the molecule is Clc1nc2c(N3CCCC3)nc(N3CCNCC3)nc2nc1NCc1ccco1. The fourth-order valence-electron chi connectivity index (χ4n) is 3.75. The van der Waals surface area contributed by atoms with Crippen LogP contribution < -0.4 is 20.4 Å². The highest BCUT2D eigenvalue weighted by Gasteiger charge is 2.23. The van der Waals surface area contributed by atoms with Crippen LogP contribution in [0, 0.1) is 0 Å². The summed E-state index contributed by atoms with van der Waals surface area (Å²) in [5.41, 5.74) is 1.21. The van der Waals surface area contributed by atoms with Gasteiger partial charge in [0.1, 0.15) is 5.76 Å². The molecule has 10 heteroatoms. The van der Waals surface area contributed by atoms with Crippen molar-refractivity contribution in [1.29, 1.82) is 0 Å². The summed E-state index contributed by atoms with van der Waals surface area (Å²) in [6.45, 7) is 5.98. The second kappa shape index (κ2) is 8.00. The molecule has 0 amide bonds. The lowest BCUT2D eigenvalue weighted by atomic mass is 10.3. The monoisotopic (exact) mass is 414 g/mol. The van der Waals surface area contributed by atoms with E-state index in [-0.39, 0.29) is 0 Å². The molecule has 2 N–H and O–H groups in total. The fraction of sp³-hybridized carbons (Fsp3) is 0.474. The van der Waals surface area contributed by atoms with Crippen LogP contribution in [0.25, 0.3) is 11.2 Å². The van der Waals surface area contributed by atoms with E-state index in [1.165, 1.54) is 0 Å². The van der Waals surface area contributed by atoms with Crippen LogP contribution in [0.1, 0.15) is 18.6 Å². The average molecular weight is 415 g/mol. The average Bonchev–Trinajstić information content (AvgIpc) is 3.46. The largest absolute Gasteiger partial charge is 0.467 e.